The zero-order chi connectivity index (χ0) is 27.0. The number of fused-ring (bicyclic) bond motifs is 2. The molecule has 0 spiro atoms. The summed E-state index contributed by atoms with van der Waals surface area (Å²) in [4.78, 5) is 13.7. The molecule has 8 heteroatoms. The molecule has 0 saturated carbocycles. The number of carbonyl (C=O) groups is 1. The van der Waals surface area contributed by atoms with Crippen molar-refractivity contribution in [3.05, 3.63) is 70.8 Å². The van der Waals surface area contributed by atoms with Gasteiger partial charge in [-0.2, -0.15) is 0 Å². The zero-order valence-corrected chi connectivity index (χ0v) is 22.7. The molecule has 1 unspecified atom stereocenters. The van der Waals surface area contributed by atoms with Gasteiger partial charge in [0.05, 0.1) is 19.8 Å². The molecule has 1 fully saturated rings. The number of hydrogen-bond donors (Lipinski definition) is 1. The quantitative estimate of drug-likeness (QED) is 0.422. The number of Topliss-reactive ketones (excluding diaryl/α,β-unsaturated/α-hetero) is 1. The highest BCUT2D eigenvalue weighted by molar-refractivity contribution is 6.61. The smallest absolute Gasteiger partial charge is 0.487 e. The van der Waals surface area contributed by atoms with Crippen molar-refractivity contribution >= 4 is 24.1 Å². The molecule has 202 valence electrons. The molecule has 2 aromatic rings. The molecule has 0 amide bonds. The summed E-state index contributed by atoms with van der Waals surface area (Å²) in [6.07, 6.45) is 1.49. The van der Waals surface area contributed by atoms with Crippen LogP contribution in [0.25, 0.3) is 5.76 Å². The lowest BCUT2D eigenvalue weighted by atomic mass is 9.71. The van der Waals surface area contributed by atoms with Crippen LogP contribution in [0.3, 0.4) is 0 Å². The minimum absolute atomic E-state index is 0.173. The maximum Gasteiger partial charge on any atom is 0.493 e. The van der Waals surface area contributed by atoms with Crippen LogP contribution in [0.15, 0.2) is 54.1 Å². The summed E-state index contributed by atoms with van der Waals surface area (Å²) in [5.41, 5.74) is 1.51. The molecule has 7 nitrogen and oxygen atoms in total. The first-order valence-electron chi connectivity index (χ1n) is 13.3. The van der Waals surface area contributed by atoms with Crippen molar-refractivity contribution in [1.29, 1.82) is 0 Å². The molecule has 5 rings (SSSR count). The molecule has 1 saturated heterocycles. The van der Waals surface area contributed by atoms with Crippen LogP contribution in [-0.4, -0.2) is 63.8 Å². The Balaban J connectivity index is 1.29. The second kappa shape index (κ2) is 10.6. The highest BCUT2D eigenvalue weighted by Crippen LogP contribution is 2.47. The Bertz CT molecular complexity index is 1200. The molecule has 2 aliphatic heterocycles. The normalized spacial score (nSPS) is 24.0. The molecule has 3 aliphatic rings. The van der Waals surface area contributed by atoms with Crippen LogP contribution in [0.5, 0.6) is 0 Å². The number of methoxy groups -OCH3 is 1. The summed E-state index contributed by atoms with van der Waals surface area (Å²) >= 11 is 0. The van der Waals surface area contributed by atoms with E-state index in [0.717, 1.165) is 23.0 Å². The first-order valence-corrected chi connectivity index (χ1v) is 13.3. The van der Waals surface area contributed by atoms with E-state index in [1.165, 1.54) is 0 Å². The summed E-state index contributed by atoms with van der Waals surface area (Å²) in [6, 6.07) is 15.3. The van der Waals surface area contributed by atoms with Crippen LogP contribution >= 0.6 is 0 Å². The van der Waals surface area contributed by atoms with Gasteiger partial charge >= 0.3 is 7.12 Å². The highest BCUT2D eigenvalue weighted by atomic mass is 16.6. The van der Waals surface area contributed by atoms with Crippen molar-refractivity contribution in [2.75, 3.05) is 40.1 Å². The minimum atomic E-state index is -1.65. The maximum absolute atomic E-state index is 13.7. The average molecular weight is 520 g/mol. The Kier molecular flexibility index (Phi) is 7.55. The van der Waals surface area contributed by atoms with E-state index in [-0.39, 0.29) is 23.2 Å². The molecule has 1 aliphatic carbocycles. The lowest BCUT2D eigenvalue weighted by Gasteiger charge is -2.41. The van der Waals surface area contributed by atoms with Crippen LogP contribution in [0, 0.1) is 5.41 Å². The van der Waals surface area contributed by atoms with Crippen molar-refractivity contribution in [2.45, 2.75) is 51.2 Å². The van der Waals surface area contributed by atoms with Crippen LogP contribution in [0.2, 0.25) is 0 Å². The Morgan fingerprint density at radius 1 is 1.00 bits per heavy atom. The van der Waals surface area contributed by atoms with Crippen LogP contribution in [-0.2, 0) is 40.3 Å². The van der Waals surface area contributed by atoms with Crippen molar-refractivity contribution < 1.29 is 33.4 Å². The van der Waals surface area contributed by atoms with E-state index in [2.05, 4.69) is 6.92 Å². The first kappa shape index (κ1) is 27.1. The summed E-state index contributed by atoms with van der Waals surface area (Å²) in [5, 5.41) is 11.9. The van der Waals surface area contributed by atoms with Gasteiger partial charge in [0.1, 0.15) is 11.4 Å². The summed E-state index contributed by atoms with van der Waals surface area (Å²) < 4.78 is 29.0. The van der Waals surface area contributed by atoms with E-state index in [0.29, 0.717) is 56.4 Å². The van der Waals surface area contributed by atoms with E-state index in [1.807, 2.05) is 62.4 Å². The number of ketones is 1. The fourth-order valence-corrected chi connectivity index (χ4v) is 5.42. The van der Waals surface area contributed by atoms with Gasteiger partial charge in [-0.25, -0.2) is 0 Å². The summed E-state index contributed by atoms with van der Waals surface area (Å²) in [7, 11) is 1.19. The molecular weight excluding hydrogens is 483 g/mol. The molecule has 0 aromatic heterocycles. The SMILES string of the molecule is COCCOCC1(C)COB(c2ccc(CC3(O)C(=O)C4=C(OC(C)(C)CC4)c4ccccc43)cc2)OC1. The van der Waals surface area contributed by atoms with Crippen molar-refractivity contribution in [3.8, 4) is 0 Å². The average Bonchev–Trinajstić information content (AvgIpc) is 2.91. The third kappa shape index (κ3) is 5.33. The predicted molar refractivity (Wildman–Crippen MR) is 145 cm³/mol. The standard InChI is InChI=1S/C30H37BO7/c1-28(2)14-13-24-26(38-28)23-7-5-6-8-25(23)30(33,27(24)32)17-21-9-11-22(12-10-21)31-36-19-29(3,20-37-31)18-35-16-15-34-4/h5-12,33H,13-20H2,1-4H3. The second-order valence-corrected chi connectivity index (χ2v) is 11.6. The molecule has 38 heavy (non-hydrogen) atoms. The molecule has 2 aromatic carbocycles. The Labute approximate surface area is 225 Å². The molecule has 1 atom stereocenters. The number of carbonyl (C=O) groups excluding carboxylic acids is 1. The molecule has 0 bridgehead atoms. The number of aliphatic hydroxyl groups is 1. The molecular formula is C30H37BO7. The minimum Gasteiger partial charge on any atom is -0.487 e. The predicted octanol–water partition coefficient (Wildman–Crippen LogP) is 3.41. The topological polar surface area (TPSA) is 83.5 Å². The van der Waals surface area contributed by atoms with Gasteiger partial charge in [-0.05, 0) is 37.7 Å². The fraction of sp³-hybridized carbons (Fsp3) is 0.500. The van der Waals surface area contributed by atoms with Crippen LogP contribution in [0.1, 0.15) is 50.3 Å². The third-order valence-corrected chi connectivity index (χ3v) is 7.66. The van der Waals surface area contributed by atoms with Crippen LogP contribution < -0.4 is 5.46 Å². The van der Waals surface area contributed by atoms with Gasteiger partial charge in [0.15, 0.2) is 11.4 Å². The van der Waals surface area contributed by atoms with E-state index in [9.17, 15) is 9.90 Å². The lowest BCUT2D eigenvalue weighted by Crippen LogP contribution is -2.50. The van der Waals surface area contributed by atoms with E-state index >= 15 is 0 Å². The third-order valence-electron chi connectivity index (χ3n) is 7.66. The Hall–Kier alpha value is -2.49. The number of hydrogen-bond acceptors (Lipinski definition) is 7. The monoisotopic (exact) mass is 520 g/mol. The summed E-state index contributed by atoms with van der Waals surface area (Å²) in [6.45, 7) is 8.83. The van der Waals surface area contributed by atoms with Gasteiger partial charge < -0.3 is 28.6 Å². The zero-order valence-electron chi connectivity index (χ0n) is 22.7. The fourth-order valence-electron chi connectivity index (χ4n) is 5.42. The molecule has 2 heterocycles. The molecule has 1 N–H and O–H groups in total. The van der Waals surface area contributed by atoms with E-state index in [4.69, 9.17) is 23.5 Å². The molecule has 0 radical (unpaired) electrons. The van der Waals surface area contributed by atoms with Crippen molar-refractivity contribution in [2.24, 2.45) is 5.41 Å². The second-order valence-electron chi connectivity index (χ2n) is 11.6. The van der Waals surface area contributed by atoms with Gasteiger partial charge in [0, 0.05) is 48.9 Å². The Morgan fingerprint density at radius 3 is 2.42 bits per heavy atom. The van der Waals surface area contributed by atoms with Crippen molar-refractivity contribution in [3.63, 3.8) is 0 Å². The van der Waals surface area contributed by atoms with Crippen LogP contribution in [0.4, 0.5) is 0 Å². The van der Waals surface area contributed by atoms with E-state index in [1.54, 1.807) is 7.11 Å². The first-order chi connectivity index (χ1) is 18.1. The number of rotatable bonds is 8. The Morgan fingerprint density at radius 2 is 1.71 bits per heavy atom. The van der Waals surface area contributed by atoms with Crippen molar-refractivity contribution in [1.82, 2.24) is 0 Å². The highest BCUT2D eigenvalue weighted by Gasteiger charge is 2.49. The number of benzene rings is 2. The van der Waals surface area contributed by atoms with Gasteiger partial charge in [-0.3, -0.25) is 4.79 Å². The number of ether oxygens (including phenoxy) is 3. The van der Waals surface area contributed by atoms with Gasteiger partial charge in [-0.15, -0.1) is 0 Å². The van der Waals surface area contributed by atoms with E-state index < -0.39 is 12.7 Å². The largest absolute Gasteiger partial charge is 0.493 e. The van der Waals surface area contributed by atoms with Gasteiger partial charge in [0.25, 0.3) is 0 Å². The van der Waals surface area contributed by atoms with Gasteiger partial charge in [0.2, 0.25) is 0 Å². The lowest BCUT2D eigenvalue weighted by molar-refractivity contribution is -0.135. The van der Waals surface area contributed by atoms with Gasteiger partial charge in [-0.1, -0.05) is 55.5 Å². The summed E-state index contributed by atoms with van der Waals surface area (Å²) in [5.74, 6) is 0.348. The maximum atomic E-state index is 13.7.